The summed E-state index contributed by atoms with van der Waals surface area (Å²) in [6.45, 7) is 9.15. The zero-order valence-corrected chi connectivity index (χ0v) is 13.2. The molecule has 0 atom stereocenters. The summed E-state index contributed by atoms with van der Waals surface area (Å²) in [6.07, 6.45) is 7.88. The molecule has 0 aromatic carbocycles. The molecule has 0 heterocycles. The minimum absolute atomic E-state index is 0.287. The summed E-state index contributed by atoms with van der Waals surface area (Å²) in [4.78, 5) is 2.48. The molecule has 1 rings (SSSR count). The van der Waals surface area contributed by atoms with E-state index in [-0.39, 0.29) is 6.61 Å². The third-order valence-electron chi connectivity index (χ3n) is 4.69. The van der Waals surface area contributed by atoms with Gasteiger partial charge in [-0.2, -0.15) is 0 Å². The largest absolute Gasteiger partial charge is 0.395 e. The number of hydrogen-bond acceptors (Lipinski definition) is 3. The van der Waals surface area contributed by atoms with E-state index >= 15 is 0 Å². The van der Waals surface area contributed by atoms with Gasteiger partial charge in [0.25, 0.3) is 0 Å². The van der Waals surface area contributed by atoms with Crippen LogP contribution in [0.25, 0.3) is 0 Å². The maximum absolute atomic E-state index is 9.26. The number of rotatable bonds is 9. The van der Waals surface area contributed by atoms with Gasteiger partial charge in [-0.25, -0.2) is 0 Å². The fourth-order valence-electron chi connectivity index (χ4n) is 3.41. The molecule has 0 radical (unpaired) electrons. The van der Waals surface area contributed by atoms with E-state index in [1.54, 1.807) is 0 Å². The molecule has 0 aliphatic heterocycles. The lowest BCUT2D eigenvalue weighted by Gasteiger charge is -2.43. The Bertz CT molecular complexity index is 225. The van der Waals surface area contributed by atoms with Crippen molar-refractivity contribution in [2.24, 2.45) is 11.3 Å². The highest BCUT2D eigenvalue weighted by molar-refractivity contribution is 4.89. The van der Waals surface area contributed by atoms with E-state index in [2.05, 4.69) is 31.1 Å². The van der Waals surface area contributed by atoms with Crippen molar-refractivity contribution in [3.63, 3.8) is 0 Å². The fraction of sp³-hybridized carbons (Fsp3) is 1.00. The molecule has 19 heavy (non-hydrogen) atoms. The second-order valence-corrected chi connectivity index (χ2v) is 6.57. The number of nitrogens with zero attached hydrogens (tertiary/aromatic N) is 1. The van der Waals surface area contributed by atoms with E-state index < -0.39 is 0 Å². The van der Waals surface area contributed by atoms with E-state index in [4.69, 9.17) is 0 Å². The van der Waals surface area contributed by atoms with Gasteiger partial charge in [-0.3, -0.25) is 0 Å². The zero-order chi connectivity index (χ0) is 14.1. The maximum Gasteiger partial charge on any atom is 0.0558 e. The molecule has 0 saturated heterocycles. The predicted molar refractivity (Wildman–Crippen MR) is 82.4 cm³/mol. The van der Waals surface area contributed by atoms with Crippen molar-refractivity contribution >= 4 is 0 Å². The first-order chi connectivity index (χ1) is 9.15. The van der Waals surface area contributed by atoms with Crippen molar-refractivity contribution in [2.45, 2.75) is 52.4 Å². The first-order valence-electron chi connectivity index (χ1n) is 8.13. The molecule has 114 valence electrons. The van der Waals surface area contributed by atoms with Crippen LogP contribution in [0.4, 0.5) is 0 Å². The van der Waals surface area contributed by atoms with Crippen LogP contribution in [0.2, 0.25) is 0 Å². The molecule has 0 unspecified atom stereocenters. The number of aliphatic hydroxyl groups is 1. The summed E-state index contributed by atoms with van der Waals surface area (Å²) in [7, 11) is 2.07. The van der Waals surface area contributed by atoms with Crippen LogP contribution >= 0.6 is 0 Å². The highest BCUT2D eigenvalue weighted by atomic mass is 16.3. The van der Waals surface area contributed by atoms with E-state index in [0.29, 0.717) is 5.41 Å². The summed E-state index contributed by atoms with van der Waals surface area (Å²) in [5.41, 5.74) is 0.435. The highest BCUT2D eigenvalue weighted by Crippen LogP contribution is 2.39. The first-order valence-corrected chi connectivity index (χ1v) is 8.13. The second kappa shape index (κ2) is 8.93. The van der Waals surface area contributed by atoms with Gasteiger partial charge in [0.15, 0.2) is 0 Å². The highest BCUT2D eigenvalue weighted by Gasteiger charge is 2.34. The molecule has 2 N–H and O–H groups in total. The van der Waals surface area contributed by atoms with Crippen molar-refractivity contribution in [1.29, 1.82) is 0 Å². The number of hydrogen-bond donors (Lipinski definition) is 2. The summed E-state index contributed by atoms with van der Waals surface area (Å²) in [5, 5.41) is 12.7. The average Bonchev–Trinajstić information content (AvgIpc) is 2.40. The third kappa shape index (κ3) is 5.80. The fourth-order valence-corrected chi connectivity index (χ4v) is 3.41. The summed E-state index contributed by atoms with van der Waals surface area (Å²) >= 11 is 0. The van der Waals surface area contributed by atoms with Crippen LogP contribution in [0.1, 0.15) is 52.4 Å². The van der Waals surface area contributed by atoms with Crippen molar-refractivity contribution in [2.75, 3.05) is 39.8 Å². The Balaban J connectivity index is 2.58. The van der Waals surface area contributed by atoms with Crippen LogP contribution < -0.4 is 5.32 Å². The molecule has 0 bridgehead atoms. The normalized spacial score (nSPS) is 27.9. The van der Waals surface area contributed by atoms with Crippen molar-refractivity contribution in [1.82, 2.24) is 10.2 Å². The van der Waals surface area contributed by atoms with E-state index in [1.165, 1.54) is 38.5 Å². The Labute approximate surface area is 119 Å². The Morgan fingerprint density at radius 3 is 2.47 bits per heavy atom. The van der Waals surface area contributed by atoms with Crippen molar-refractivity contribution < 1.29 is 5.11 Å². The molecule has 0 aromatic rings. The van der Waals surface area contributed by atoms with Gasteiger partial charge in [-0.05, 0) is 44.2 Å². The molecular formula is C16H34N2O. The Morgan fingerprint density at radius 1 is 1.26 bits per heavy atom. The maximum atomic E-state index is 9.26. The minimum atomic E-state index is 0.287. The van der Waals surface area contributed by atoms with Crippen LogP contribution in [0.3, 0.4) is 0 Å². The molecular weight excluding hydrogens is 236 g/mol. The van der Waals surface area contributed by atoms with Gasteiger partial charge in [0.2, 0.25) is 0 Å². The first kappa shape index (κ1) is 16.9. The minimum Gasteiger partial charge on any atom is -0.395 e. The van der Waals surface area contributed by atoms with Gasteiger partial charge in [0.1, 0.15) is 0 Å². The van der Waals surface area contributed by atoms with Gasteiger partial charge in [0.05, 0.1) is 6.61 Å². The Kier molecular flexibility index (Phi) is 7.96. The monoisotopic (exact) mass is 270 g/mol. The molecule has 0 amide bonds. The molecule has 0 aromatic heterocycles. The van der Waals surface area contributed by atoms with Gasteiger partial charge in [-0.1, -0.05) is 33.1 Å². The lowest BCUT2D eigenvalue weighted by atomic mass is 9.70. The lowest BCUT2D eigenvalue weighted by molar-refractivity contribution is 0.0766. The summed E-state index contributed by atoms with van der Waals surface area (Å²) in [6, 6.07) is 0. The number of aliphatic hydroxyl groups excluding tert-OH is 1. The standard InChI is InChI=1S/C16H34N2O/c1-4-5-10-18(11-12-19)14-16(13-17-3)8-6-15(2)7-9-16/h15,17,19H,4-14H2,1-3H3. The molecule has 1 aliphatic carbocycles. The molecule has 1 saturated carbocycles. The lowest BCUT2D eigenvalue weighted by Crippen LogP contribution is -2.46. The molecule has 3 heteroatoms. The molecule has 3 nitrogen and oxygen atoms in total. The van der Waals surface area contributed by atoms with E-state index in [0.717, 1.165) is 32.1 Å². The topological polar surface area (TPSA) is 35.5 Å². The summed E-state index contributed by atoms with van der Waals surface area (Å²) < 4.78 is 0. The van der Waals surface area contributed by atoms with E-state index in [1.807, 2.05) is 0 Å². The molecule has 0 spiro atoms. The third-order valence-corrected chi connectivity index (χ3v) is 4.69. The predicted octanol–water partition coefficient (Wildman–Crippen LogP) is 2.50. The van der Waals surface area contributed by atoms with Crippen LogP contribution in [0.5, 0.6) is 0 Å². The van der Waals surface area contributed by atoms with Gasteiger partial charge >= 0.3 is 0 Å². The van der Waals surface area contributed by atoms with Crippen LogP contribution in [0, 0.1) is 11.3 Å². The zero-order valence-electron chi connectivity index (χ0n) is 13.2. The van der Waals surface area contributed by atoms with Gasteiger partial charge in [0, 0.05) is 19.6 Å². The van der Waals surface area contributed by atoms with E-state index in [9.17, 15) is 5.11 Å². The molecule has 1 aliphatic rings. The summed E-state index contributed by atoms with van der Waals surface area (Å²) in [5.74, 6) is 0.895. The van der Waals surface area contributed by atoms with Crippen molar-refractivity contribution in [3.05, 3.63) is 0 Å². The number of nitrogens with one attached hydrogen (secondary N) is 1. The van der Waals surface area contributed by atoms with Crippen LogP contribution in [-0.4, -0.2) is 49.8 Å². The second-order valence-electron chi connectivity index (χ2n) is 6.57. The number of unbranched alkanes of at least 4 members (excludes halogenated alkanes) is 1. The Hall–Kier alpha value is -0.120. The van der Waals surface area contributed by atoms with Crippen LogP contribution in [-0.2, 0) is 0 Å². The van der Waals surface area contributed by atoms with Crippen molar-refractivity contribution in [3.8, 4) is 0 Å². The Morgan fingerprint density at radius 2 is 1.95 bits per heavy atom. The quantitative estimate of drug-likeness (QED) is 0.676. The average molecular weight is 270 g/mol. The SMILES string of the molecule is CCCCN(CCO)CC1(CNC)CCC(C)CC1. The smallest absolute Gasteiger partial charge is 0.0558 e. The van der Waals surface area contributed by atoms with Gasteiger partial charge < -0.3 is 15.3 Å². The van der Waals surface area contributed by atoms with Crippen LogP contribution in [0.15, 0.2) is 0 Å². The molecule has 1 fully saturated rings. The van der Waals surface area contributed by atoms with Gasteiger partial charge in [-0.15, -0.1) is 0 Å².